The Morgan fingerprint density at radius 1 is 1.10 bits per heavy atom. The summed E-state index contributed by atoms with van der Waals surface area (Å²) >= 11 is 0. The Hall–Kier alpha value is -0.960. The molecule has 2 fully saturated rings. The molecule has 4 nitrogen and oxygen atoms in total. The molecule has 0 bridgehead atoms. The molecule has 2 N–H and O–H groups in total. The summed E-state index contributed by atoms with van der Waals surface area (Å²) in [7, 11) is 0. The number of halogens is 3. The lowest BCUT2D eigenvalue weighted by atomic mass is 9.92. The van der Waals surface area contributed by atoms with Crippen molar-refractivity contribution in [3.63, 3.8) is 0 Å². The average Bonchev–Trinajstić information content (AvgIpc) is 2.72. The van der Waals surface area contributed by atoms with Gasteiger partial charge in [-0.05, 0) is 62.8 Å². The fourth-order valence-electron chi connectivity index (χ4n) is 4.39. The Morgan fingerprint density at radius 3 is 2.52 bits per heavy atom. The van der Waals surface area contributed by atoms with Gasteiger partial charge in [0.1, 0.15) is 11.6 Å². The number of rotatable bonds is 6. The number of likely N-dealkylation sites (tertiary alicyclic amines) is 1. The molecule has 0 unspecified atom stereocenters. The third-order valence-electron chi connectivity index (χ3n) is 5.96. The van der Waals surface area contributed by atoms with E-state index in [-0.39, 0.29) is 29.8 Å². The van der Waals surface area contributed by atoms with Crippen LogP contribution in [0.2, 0.25) is 0 Å². The summed E-state index contributed by atoms with van der Waals surface area (Å²) in [6.45, 7) is 5.54. The van der Waals surface area contributed by atoms with Gasteiger partial charge in [0.2, 0.25) is 0 Å². The number of benzene rings is 1. The number of nitrogens with one attached hydrogen (secondary N) is 2. The van der Waals surface area contributed by atoms with Crippen LogP contribution in [0.15, 0.2) is 23.2 Å². The van der Waals surface area contributed by atoms with E-state index in [1.807, 2.05) is 6.92 Å². The van der Waals surface area contributed by atoms with Crippen molar-refractivity contribution in [1.82, 2.24) is 15.5 Å². The molecule has 1 aliphatic heterocycles. The second kappa shape index (κ2) is 12.7. The number of aliphatic imine (C=N–C) groups is 1. The maximum atomic E-state index is 13.8. The number of hydrogen-bond acceptors (Lipinski definition) is 2. The van der Waals surface area contributed by atoms with E-state index in [2.05, 4.69) is 20.5 Å². The molecular weight excluding hydrogens is 485 g/mol. The predicted molar refractivity (Wildman–Crippen MR) is 126 cm³/mol. The minimum atomic E-state index is -0.407. The molecule has 29 heavy (non-hydrogen) atoms. The fourth-order valence-corrected chi connectivity index (χ4v) is 4.39. The van der Waals surface area contributed by atoms with Crippen LogP contribution in [0.3, 0.4) is 0 Å². The van der Waals surface area contributed by atoms with Gasteiger partial charge >= 0.3 is 0 Å². The largest absolute Gasteiger partial charge is 0.357 e. The quantitative estimate of drug-likeness (QED) is 0.330. The van der Waals surface area contributed by atoms with E-state index in [1.54, 1.807) is 0 Å². The van der Waals surface area contributed by atoms with Crippen molar-refractivity contribution in [2.24, 2.45) is 4.99 Å². The van der Waals surface area contributed by atoms with E-state index in [1.165, 1.54) is 44.2 Å². The Balaban J connectivity index is 0.00000300. The summed E-state index contributed by atoms with van der Waals surface area (Å²) in [4.78, 5) is 7.25. The van der Waals surface area contributed by atoms with Crippen LogP contribution < -0.4 is 10.6 Å². The van der Waals surface area contributed by atoms with E-state index < -0.39 is 5.82 Å². The average molecular weight is 520 g/mol. The lowest BCUT2D eigenvalue weighted by Crippen LogP contribution is -2.51. The molecule has 1 aromatic rings. The summed E-state index contributed by atoms with van der Waals surface area (Å²) in [5.74, 6) is -0.00444. The molecule has 3 rings (SSSR count). The first-order valence-electron chi connectivity index (χ1n) is 10.9. The molecule has 1 heterocycles. The molecule has 0 aromatic heterocycles. The number of guanidine groups is 1. The minimum absolute atomic E-state index is 0. The highest BCUT2D eigenvalue weighted by Crippen LogP contribution is 2.25. The predicted octanol–water partition coefficient (Wildman–Crippen LogP) is 4.48. The van der Waals surface area contributed by atoms with Gasteiger partial charge in [-0.15, -0.1) is 24.0 Å². The Bertz CT molecular complexity index is 642. The van der Waals surface area contributed by atoms with E-state index in [4.69, 9.17) is 0 Å². The molecule has 1 saturated carbocycles. The van der Waals surface area contributed by atoms with Crippen molar-refractivity contribution >= 4 is 29.9 Å². The molecule has 1 aliphatic carbocycles. The molecule has 0 spiro atoms. The zero-order valence-electron chi connectivity index (χ0n) is 17.4. The molecule has 2 aliphatic rings. The third-order valence-corrected chi connectivity index (χ3v) is 5.96. The molecule has 1 saturated heterocycles. The van der Waals surface area contributed by atoms with Crippen LogP contribution in [0.4, 0.5) is 8.78 Å². The molecular formula is C22H35F2IN4. The Labute approximate surface area is 190 Å². The molecule has 0 atom stereocenters. The highest BCUT2D eigenvalue weighted by Gasteiger charge is 2.26. The first-order chi connectivity index (χ1) is 13.7. The van der Waals surface area contributed by atoms with Crippen LogP contribution in [0.5, 0.6) is 0 Å². The van der Waals surface area contributed by atoms with E-state index in [0.717, 1.165) is 50.5 Å². The maximum Gasteiger partial charge on any atom is 0.191 e. The van der Waals surface area contributed by atoms with Crippen molar-refractivity contribution in [2.45, 2.75) is 70.4 Å². The lowest BCUT2D eigenvalue weighted by Gasteiger charge is -2.39. The van der Waals surface area contributed by atoms with Crippen LogP contribution in [-0.4, -0.2) is 49.1 Å². The van der Waals surface area contributed by atoms with Crippen molar-refractivity contribution in [1.29, 1.82) is 0 Å². The molecule has 7 heteroatoms. The summed E-state index contributed by atoms with van der Waals surface area (Å²) in [5.41, 5.74) is 0.375. The summed E-state index contributed by atoms with van der Waals surface area (Å²) in [5, 5.41) is 6.81. The van der Waals surface area contributed by atoms with Crippen LogP contribution in [0, 0.1) is 11.6 Å². The highest BCUT2D eigenvalue weighted by molar-refractivity contribution is 14.0. The van der Waals surface area contributed by atoms with Crippen molar-refractivity contribution in [3.05, 3.63) is 35.4 Å². The van der Waals surface area contributed by atoms with Gasteiger partial charge in [0.05, 0.1) is 0 Å². The Morgan fingerprint density at radius 2 is 1.83 bits per heavy atom. The van der Waals surface area contributed by atoms with Crippen LogP contribution in [0.25, 0.3) is 0 Å². The van der Waals surface area contributed by atoms with Gasteiger partial charge in [-0.1, -0.05) is 19.3 Å². The van der Waals surface area contributed by atoms with Gasteiger partial charge in [-0.3, -0.25) is 4.99 Å². The standard InChI is InChI=1S/C22H34F2N4.HI/c1-2-25-22(26-13-10-17-16-18(23)8-9-21(17)24)27-19-11-14-28(15-12-19)20-6-4-3-5-7-20;/h8-9,16,19-20H,2-7,10-15H2,1H3,(H2,25,26,27);1H. The number of piperidine rings is 1. The molecule has 0 radical (unpaired) electrons. The van der Waals surface area contributed by atoms with Gasteiger partial charge in [-0.25, -0.2) is 8.78 Å². The topological polar surface area (TPSA) is 39.7 Å². The SMILES string of the molecule is CCNC(=NCCc1cc(F)ccc1F)NC1CCN(C2CCCCC2)CC1.I. The molecule has 1 aromatic carbocycles. The summed E-state index contributed by atoms with van der Waals surface area (Å²) in [6.07, 6.45) is 9.52. The van der Waals surface area contributed by atoms with Gasteiger partial charge in [0.15, 0.2) is 5.96 Å². The first-order valence-corrected chi connectivity index (χ1v) is 10.9. The van der Waals surface area contributed by atoms with E-state index in [9.17, 15) is 8.78 Å². The summed E-state index contributed by atoms with van der Waals surface area (Å²) in [6, 6.07) is 4.79. The van der Waals surface area contributed by atoms with Gasteiger partial charge in [0.25, 0.3) is 0 Å². The zero-order valence-corrected chi connectivity index (χ0v) is 19.8. The monoisotopic (exact) mass is 520 g/mol. The normalized spacial score (nSPS) is 19.6. The Kier molecular flexibility index (Phi) is 10.6. The third kappa shape index (κ3) is 7.66. The zero-order chi connectivity index (χ0) is 19.8. The molecule has 164 valence electrons. The van der Waals surface area contributed by atoms with Gasteiger partial charge in [-0.2, -0.15) is 0 Å². The second-order valence-corrected chi connectivity index (χ2v) is 7.99. The van der Waals surface area contributed by atoms with Crippen LogP contribution >= 0.6 is 24.0 Å². The first kappa shape index (κ1) is 24.3. The highest BCUT2D eigenvalue weighted by atomic mass is 127. The number of hydrogen-bond donors (Lipinski definition) is 2. The maximum absolute atomic E-state index is 13.8. The van der Waals surface area contributed by atoms with Gasteiger partial charge < -0.3 is 15.5 Å². The van der Waals surface area contributed by atoms with Gasteiger partial charge in [0, 0.05) is 38.3 Å². The molecule has 0 amide bonds. The smallest absolute Gasteiger partial charge is 0.191 e. The van der Waals surface area contributed by atoms with Crippen LogP contribution in [0.1, 0.15) is 57.4 Å². The van der Waals surface area contributed by atoms with Crippen molar-refractivity contribution < 1.29 is 8.78 Å². The van der Waals surface area contributed by atoms with Crippen LogP contribution in [-0.2, 0) is 6.42 Å². The minimum Gasteiger partial charge on any atom is -0.357 e. The van der Waals surface area contributed by atoms with Crippen molar-refractivity contribution in [2.75, 3.05) is 26.2 Å². The second-order valence-electron chi connectivity index (χ2n) is 7.99. The van der Waals surface area contributed by atoms with Crippen molar-refractivity contribution in [3.8, 4) is 0 Å². The lowest BCUT2D eigenvalue weighted by molar-refractivity contribution is 0.119. The number of nitrogens with zero attached hydrogens (tertiary/aromatic N) is 2. The van der Waals surface area contributed by atoms with E-state index in [0.29, 0.717) is 24.6 Å². The summed E-state index contributed by atoms with van der Waals surface area (Å²) < 4.78 is 27.1. The van der Waals surface area contributed by atoms with E-state index >= 15 is 0 Å². The fraction of sp³-hybridized carbons (Fsp3) is 0.682.